The largest absolute Gasteiger partial charge is 0.346 e. The van der Waals surface area contributed by atoms with Crippen molar-refractivity contribution in [1.82, 2.24) is 9.88 Å². The van der Waals surface area contributed by atoms with E-state index in [0.29, 0.717) is 6.04 Å². The number of Topliss-reactive ketones (excluding diaryl/α,β-unsaturated/α-hetero) is 1. The molecule has 0 bridgehead atoms. The van der Waals surface area contributed by atoms with Gasteiger partial charge in [-0.25, -0.2) is 4.98 Å². The molecule has 2 fully saturated rings. The lowest BCUT2D eigenvalue weighted by Crippen LogP contribution is -2.36. The molecule has 18 heavy (non-hydrogen) atoms. The minimum Gasteiger partial charge on any atom is -0.346 e. The Morgan fingerprint density at radius 2 is 2.22 bits per heavy atom. The second-order valence-electron chi connectivity index (χ2n) is 5.19. The number of thiazole rings is 1. The highest BCUT2D eigenvalue weighted by atomic mass is 32.1. The predicted octanol–water partition coefficient (Wildman–Crippen LogP) is 2.02. The van der Waals surface area contributed by atoms with Crippen LogP contribution in [0.4, 0.5) is 5.13 Å². The van der Waals surface area contributed by atoms with Gasteiger partial charge in [0.25, 0.3) is 0 Å². The van der Waals surface area contributed by atoms with E-state index in [1.54, 1.807) is 13.1 Å². The first kappa shape index (κ1) is 12.1. The Hall–Kier alpha value is -0.940. The zero-order valence-corrected chi connectivity index (χ0v) is 11.6. The van der Waals surface area contributed by atoms with Crippen molar-refractivity contribution in [1.29, 1.82) is 0 Å². The summed E-state index contributed by atoms with van der Waals surface area (Å²) in [4.78, 5) is 21.5. The maximum atomic E-state index is 11.3. The number of hydrogen-bond acceptors (Lipinski definition) is 5. The molecule has 98 valence electrons. The van der Waals surface area contributed by atoms with Gasteiger partial charge in [0, 0.05) is 32.6 Å². The number of rotatable bonds is 2. The fraction of sp³-hybridized carbons (Fsp3) is 0.692. The van der Waals surface area contributed by atoms with Gasteiger partial charge in [0.05, 0.1) is 11.1 Å². The third-order valence-corrected chi connectivity index (χ3v) is 5.07. The average molecular weight is 265 g/mol. The second kappa shape index (κ2) is 4.97. The molecule has 4 nitrogen and oxygen atoms in total. The summed E-state index contributed by atoms with van der Waals surface area (Å²) in [6.07, 6.45) is 5.56. The molecule has 1 atom stereocenters. The van der Waals surface area contributed by atoms with Crippen molar-refractivity contribution in [3.8, 4) is 0 Å². The Bertz CT molecular complexity index is 445. The molecule has 0 saturated carbocycles. The molecule has 0 spiro atoms. The zero-order valence-electron chi connectivity index (χ0n) is 10.8. The summed E-state index contributed by atoms with van der Waals surface area (Å²) in [7, 11) is 0. The molecule has 0 N–H and O–H groups in total. The highest BCUT2D eigenvalue weighted by molar-refractivity contribution is 7.17. The lowest BCUT2D eigenvalue weighted by molar-refractivity contribution is 0.102. The van der Waals surface area contributed by atoms with Crippen LogP contribution in [0, 0.1) is 0 Å². The fourth-order valence-corrected chi connectivity index (χ4v) is 3.80. The van der Waals surface area contributed by atoms with Gasteiger partial charge in [0.2, 0.25) is 0 Å². The highest BCUT2D eigenvalue weighted by Crippen LogP contribution is 2.28. The summed E-state index contributed by atoms with van der Waals surface area (Å²) in [5.74, 6) is 0.121. The number of carbonyl (C=O) groups excluding carboxylic acids is 1. The number of anilines is 1. The smallest absolute Gasteiger partial charge is 0.185 e. The summed E-state index contributed by atoms with van der Waals surface area (Å²) in [6.45, 7) is 6.22. The van der Waals surface area contributed by atoms with Crippen molar-refractivity contribution in [2.75, 3.05) is 31.1 Å². The van der Waals surface area contributed by atoms with Crippen LogP contribution in [0.1, 0.15) is 35.9 Å². The Balaban J connectivity index is 1.76. The highest BCUT2D eigenvalue weighted by Gasteiger charge is 2.29. The second-order valence-corrected chi connectivity index (χ2v) is 6.20. The van der Waals surface area contributed by atoms with Gasteiger partial charge in [-0.2, -0.15) is 0 Å². The van der Waals surface area contributed by atoms with E-state index in [9.17, 15) is 4.79 Å². The van der Waals surface area contributed by atoms with Crippen LogP contribution in [0.5, 0.6) is 0 Å². The van der Waals surface area contributed by atoms with Crippen molar-refractivity contribution in [2.45, 2.75) is 32.2 Å². The molecular formula is C13H19N3OS. The van der Waals surface area contributed by atoms with Crippen LogP contribution in [0.25, 0.3) is 0 Å². The molecule has 0 radical (unpaired) electrons. The molecule has 2 aliphatic heterocycles. The number of hydrogen-bond donors (Lipinski definition) is 0. The lowest BCUT2D eigenvalue weighted by atomic mass is 10.2. The van der Waals surface area contributed by atoms with E-state index >= 15 is 0 Å². The maximum absolute atomic E-state index is 11.3. The van der Waals surface area contributed by atoms with Crippen LogP contribution < -0.4 is 4.90 Å². The Morgan fingerprint density at radius 1 is 1.39 bits per heavy atom. The van der Waals surface area contributed by atoms with E-state index in [2.05, 4.69) is 14.8 Å². The third-order valence-electron chi connectivity index (χ3n) is 3.91. The van der Waals surface area contributed by atoms with Crippen LogP contribution in [-0.2, 0) is 0 Å². The molecule has 0 aliphatic carbocycles. The first-order chi connectivity index (χ1) is 8.74. The van der Waals surface area contributed by atoms with E-state index in [4.69, 9.17) is 0 Å². The summed E-state index contributed by atoms with van der Waals surface area (Å²) in [5.41, 5.74) is 0. The summed E-state index contributed by atoms with van der Waals surface area (Å²) < 4.78 is 0. The van der Waals surface area contributed by atoms with Crippen molar-refractivity contribution in [2.24, 2.45) is 0 Å². The molecule has 2 aliphatic rings. The minimum absolute atomic E-state index is 0.121. The predicted molar refractivity (Wildman–Crippen MR) is 73.5 cm³/mol. The molecule has 5 heteroatoms. The first-order valence-electron chi connectivity index (χ1n) is 6.70. The van der Waals surface area contributed by atoms with Gasteiger partial charge in [-0.3, -0.25) is 9.69 Å². The SMILES string of the molecule is CC(=O)c1cnc(N2CCCN3CCCC3C2)s1. The van der Waals surface area contributed by atoms with Crippen molar-refractivity contribution < 1.29 is 4.79 Å². The van der Waals surface area contributed by atoms with Crippen molar-refractivity contribution in [3.05, 3.63) is 11.1 Å². The molecule has 2 saturated heterocycles. The van der Waals surface area contributed by atoms with Crippen LogP contribution in [0.15, 0.2) is 6.20 Å². The Labute approximate surface area is 112 Å². The van der Waals surface area contributed by atoms with Gasteiger partial charge in [-0.15, -0.1) is 0 Å². The molecule has 1 aromatic heterocycles. The summed E-state index contributed by atoms with van der Waals surface area (Å²) in [6, 6.07) is 0.692. The fourth-order valence-electron chi connectivity index (χ4n) is 2.95. The van der Waals surface area contributed by atoms with Gasteiger partial charge in [0.1, 0.15) is 0 Å². The Morgan fingerprint density at radius 3 is 3.00 bits per heavy atom. The van der Waals surface area contributed by atoms with Crippen LogP contribution >= 0.6 is 11.3 Å². The summed E-state index contributed by atoms with van der Waals surface area (Å²) >= 11 is 1.54. The molecule has 3 heterocycles. The van der Waals surface area contributed by atoms with Gasteiger partial charge in [-0.1, -0.05) is 11.3 Å². The van der Waals surface area contributed by atoms with E-state index < -0.39 is 0 Å². The van der Waals surface area contributed by atoms with Gasteiger partial charge in [0.15, 0.2) is 10.9 Å². The van der Waals surface area contributed by atoms with Crippen molar-refractivity contribution in [3.63, 3.8) is 0 Å². The topological polar surface area (TPSA) is 36.4 Å². The standard InChI is InChI=1S/C13H19N3OS/c1-10(17)12-8-14-13(18-12)16-7-3-6-15-5-2-4-11(15)9-16/h8,11H,2-7,9H2,1H3. The van der Waals surface area contributed by atoms with Crippen LogP contribution in [-0.4, -0.2) is 47.9 Å². The quantitative estimate of drug-likeness (QED) is 0.767. The molecule has 1 aromatic rings. The summed E-state index contributed by atoms with van der Waals surface area (Å²) in [5, 5.41) is 1.02. The molecule has 3 rings (SSSR count). The minimum atomic E-state index is 0.121. The first-order valence-corrected chi connectivity index (χ1v) is 7.51. The van der Waals surface area contributed by atoms with Gasteiger partial charge >= 0.3 is 0 Å². The molecule has 0 aromatic carbocycles. The lowest BCUT2D eigenvalue weighted by Gasteiger charge is -2.25. The number of carbonyl (C=O) groups is 1. The number of nitrogens with zero attached hydrogens (tertiary/aromatic N) is 3. The normalized spacial score (nSPS) is 24.9. The average Bonchev–Trinajstić information content (AvgIpc) is 2.95. The van der Waals surface area contributed by atoms with Gasteiger partial charge in [-0.05, 0) is 25.8 Å². The number of aromatic nitrogens is 1. The third kappa shape index (κ3) is 2.29. The van der Waals surface area contributed by atoms with Crippen molar-refractivity contribution >= 4 is 22.3 Å². The maximum Gasteiger partial charge on any atom is 0.185 e. The van der Waals surface area contributed by atoms with Gasteiger partial charge < -0.3 is 4.90 Å². The van der Waals surface area contributed by atoms with E-state index in [1.165, 1.54) is 43.7 Å². The molecular weight excluding hydrogens is 246 g/mol. The van der Waals surface area contributed by atoms with E-state index in [0.717, 1.165) is 23.1 Å². The number of fused-ring (bicyclic) bond motifs is 1. The van der Waals surface area contributed by atoms with Crippen LogP contribution in [0.2, 0.25) is 0 Å². The number of ketones is 1. The molecule has 0 amide bonds. The van der Waals surface area contributed by atoms with Crippen LogP contribution in [0.3, 0.4) is 0 Å². The van der Waals surface area contributed by atoms with E-state index in [1.807, 2.05) is 0 Å². The monoisotopic (exact) mass is 265 g/mol. The zero-order chi connectivity index (χ0) is 12.5. The van der Waals surface area contributed by atoms with E-state index in [-0.39, 0.29) is 5.78 Å². The molecule has 1 unspecified atom stereocenters. The Kier molecular flexibility index (Phi) is 3.35.